The average molecular weight is 620 g/mol. The number of amides is 1. The van der Waals surface area contributed by atoms with Crippen molar-refractivity contribution in [2.24, 2.45) is 0 Å². The van der Waals surface area contributed by atoms with Crippen molar-refractivity contribution < 1.29 is 24.2 Å². The molecule has 3 aromatic carbocycles. The fourth-order valence-electron chi connectivity index (χ4n) is 5.12. The van der Waals surface area contributed by atoms with Crippen molar-refractivity contribution in [2.45, 2.75) is 42.5 Å². The molecule has 11 heteroatoms. The molecule has 2 atom stereocenters. The zero-order valence-corrected chi connectivity index (χ0v) is 25.1. The number of rotatable bonds is 8. The molecule has 0 saturated carbocycles. The van der Waals surface area contributed by atoms with Crippen LogP contribution in [-0.4, -0.2) is 39.7 Å². The van der Waals surface area contributed by atoms with Crippen molar-refractivity contribution in [3.05, 3.63) is 99.6 Å². The highest BCUT2D eigenvalue weighted by atomic mass is 35.5. The summed E-state index contributed by atoms with van der Waals surface area (Å²) in [6, 6.07) is 19.1. The number of aliphatic hydroxyl groups excluding tert-OH is 1. The van der Waals surface area contributed by atoms with E-state index >= 15 is 0 Å². The number of halogens is 1. The van der Waals surface area contributed by atoms with Gasteiger partial charge in [0.05, 0.1) is 18.2 Å². The van der Waals surface area contributed by atoms with Gasteiger partial charge in [0.1, 0.15) is 23.4 Å². The van der Waals surface area contributed by atoms with Crippen molar-refractivity contribution in [1.82, 2.24) is 10.2 Å². The van der Waals surface area contributed by atoms with Gasteiger partial charge in [0.15, 0.2) is 4.34 Å². The van der Waals surface area contributed by atoms with Crippen molar-refractivity contribution in [3.63, 3.8) is 0 Å². The van der Waals surface area contributed by atoms with Crippen LogP contribution < -0.4 is 14.4 Å². The van der Waals surface area contributed by atoms with Gasteiger partial charge in [0.2, 0.25) is 5.13 Å². The summed E-state index contributed by atoms with van der Waals surface area (Å²) in [4.78, 5) is 28.5. The first-order valence-electron chi connectivity index (χ1n) is 13.4. The molecule has 1 fully saturated rings. The van der Waals surface area contributed by atoms with Crippen LogP contribution in [0.3, 0.4) is 0 Å². The Morgan fingerprint density at radius 1 is 1.14 bits per heavy atom. The largest absolute Gasteiger partial charge is 0.507 e. The molecule has 4 aromatic rings. The van der Waals surface area contributed by atoms with Gasteiger partial charge in [-0.1, -0.05) is 65.0 Å². The number of Topliss-reactive ketones (excluding diaryl/α,β-unsaturated/α-hetero) is 1. The Morgan fingerprint density at radius 3 is 2.79 bits per heavy atom. The SMILES string of the molecule is CCOc1cccc(C2C(=C(O)c3ccc4c(c3)CC(C)O4)C(=O)C(=O)N2c2nnc(SCc3ccccc3Cl)s2)c1. The molecule has 6 rings (SSSR count). The highest BCUT2D eigenvalue weighted by Gasteiger charge is 2.48. The smallest absolute Gasteiger partial charge is 0.301 e. The van der Waals surface area contributed by atoms with E-state index in [-0.39, 0.29) is 22.6 Å². The molecule has 0 spiro atoms. The molecule has 8 nitrogen and oxygen atoms in total. The van der Waals surface area contributed by atoms with Gasteiger partial charge in [-0.2, -0.15) is 0 Å². The normalized spacial score (nSPS) is 19.2. The lowest BCUT2D eigenvalue weighted by Crippen LogP contribution is -2.29. The number of hydrogen-bond donors (Lipinski definition) is 1. The van der Waals surface area contributed by atoms with Crippen LogP contribution in [-0.2, 0) is 21.8 Å². The first-order chi connectivity index (χ1) is 20.3. The lowest BCUT2D eigenvalue weighted by Gasteiger charge is -2.23. The highest BCUT2D eigenvalue weighted by molar-refractivity contribution is 8.00. The molecule has 2 unspecified atom stereocenters. The standard InChI is InChI=1S/C31H26ClN3O5S2/c1-3-39-22-9-6-8-18(15-22)26-25(27(36)19-11-12-24-21(14-19)13-17(2)40-24)28(37)29(38)35(26)30-33-34-31(42-30)41-16-20-7-4-5-10-23(20)32/h4-12,14-15,17,26,36H,3,13,16H2,1-2H3. The quantitative estimate of drug-likeness (QED) is 0.0753. The second-order valence-electron chi connectivity index (χ2n) is 9.86. The molecule has 1 aromatic heterocycles. The lowest BCUT2D eigenvalue weighted by molar-refractivity contribution is -0.132. The first kappa shape index (κ1) is 28.3. The third-order valence-corrected chi connectivity index (χ3v) is 9.48. The van der Waals surface area contributed by atoms with Crippen LogP contribution in [0, 0.1) is 0 Å². The molecular formula is C31H26ClN3O5S2. The number of hydrogen-bond acceptors (Lipinski definition) is 9. The van der Waals surface area contributed by atoms with E-state index in [9.17, 15) is 14.7 Å². The summed E-state index contributed by atoms with van der Waals surface area (Å²) in [7, 11) is 0. The summed E-state index contributed by atoms with van der Waals surface area (Å²) in [5, 5.41) is 21.1. The number of aliphatic hydroxyl groups is 1. The third-order valence-electron chi connectivity index (χ3n) is 7.01. The number of fused-ring (bicyclic) bond motifs is 1. The molecule has 2 aliphatic heterocycles. The molecule has 0 bridgehead atoms. The summed E-state index contributed by atoms with van der Waals surface area (Å²) in [5.41, 5.74) is 2.88. The minimum atomic E-state index is -0.941. The van der Waals surface area contributed by atoms with Crippen LogP contribution in [0.4, 0.5) is 5.13 Å². The fraction of sp³-hybridized carbons (Fsp3) is 0.226. The number of ether oxygens (including phenoxy) is 2. The lowest BCUT2D eigenvalue weighted by atomic mass is 9.94. The number of benzene rings is 3. The Morgan fingerprint density at radius 2 is 1.98 bits per heavy atom. The first-order valence-corrected chi connectivity index (χ1v) is 15.6. The second-order valence-corrected chi connectivity index (χ2v) is 12.4. The van der Waals surface area contributed by atoms with Gasteiger partial charge >= 0.3 is 5.91 Å². The van der Waals surface area contributed by atoms with Gasteiger partial charge in [-0.3, -0.25) is 14.5 Å². The minimum Gasteiger partial charge on any atom is -0.507 e. The van der Waals surface area contributed by atoms with E-state index in [1.165, 1.54) is 28.0 Å². The van der Waals surface area contributed by atoms with Gasteiger partial charge < -0.3 is 14.6 Å². The van der Waals surface area contributed by atoms with E-state index in [1.807, 2.05) is 44.2 Å². The van der Waals surface area contributed by atoms with Gasteiger partial charge in [-0.05, 0) is 66.9 Å². The minimum absolute atomic E-state index is 0.0201. The predicted molar refractivity (Wildman–Crippen MR) is 164 cm³/mol. The van der Waals surface area contributed by atoms with Crippen molar-refractivity contribution in [2.75, 3.05) is 11.5 Å². The van der Waals surface area contributed by atoms with Crippen molar-refractivity contribution >= 4 is 57.3 Å². The van der Waals surface area contributed by atoms with E-state index in [2.05, 4.69) is 10.2 Å². The van der Waals surface area contributed by atoms with Gasteiger partial charge in [-0.25, -0.2) is 0 Å². The molecule has 0 radical (unpaired) electrons. The Hall–Kier alpha value is -3.86. The summed E-state index contributed by atoms with van der Waals surface area (Å²) >= 11 is 8.94. The molecule has 214 valence electrons. The predicted octanol–water partition coefficient (Wildman–Crippen LogP) is 6.83. The number of aromatic nitrogens is 2. The number of carbonyl (C=O) groups excluding carboxylic acids is 2. The maximum atomic E-state index is 13.6. The van der Waals surface area contributed by atoms with Crippen molar-refractivity contribution in [3.8, 4) is 11.5 Å². The van der Waals surface area contributed by atoms with Crippen LogP contribution in [0.2, 0.25) is 5.02 Å². The fourth-order valence-corrected chi connectivity index (χ4v) is 7.28. The third kappa shape index (κ3) is 5.37. The van der Waals surface area contributed by atoms with E-state index < -0.39 is 17.7 Å². The zero-order valence-electron chi connectivity index (χ0n) is 22.7. The molecule has 1 amide bonds. The summed E-state index contributed by atoms with van der Waals surface area (Å²) < 4.78 is 12.1. The monoisotopic (exact) mass is 619 g/mol. The molecule has 0 aliphatic carbocycles. The van der Waals surface area contributed by atoms with E-state index in [0.717, 1.165) is 16.9 Å². The summed E-state index contributed by atoms with van der Waals surface area (Å²) in [5.74, 6) is 0.0369. The Kier molecular flexibility index (Phi) is 7.94. The highest BCUT2D eigenvalue weighted by Crippen LogP contribution is 2.45. The molecule has 1 N–H and O–H groups in total. The van der Waals surface area contributed by atoms with Crippen LogP contribution in [0.5, 0.6) is 11.5 Å². The van der Waals surface area contributed by atoms with E-state index in [1.54, 1.807) is 36.4 Å². The number of anilines is 1. The molecular weight excluding hydrogens is 594 g/mol. The van der Waals surface area contributed by atoms with E-state index in [4.69, 9.17) is 21.1 Å². The van der Waals surface area contributed by atoms with Gasteiger partial charge in [0.25, 0.3) is 5.78 Å². The number of nitrogens with zero attached hydrogens (tertiary/aromatic N) is 3. The summed E-state index contributed by atoms with van der Waals surface area (Å²) in [6.45, 7) is 4.29. The maximum Gasteiger partial charge on any atom is 0.301 e. The number of carbonyl (C=O) groups is 2. The Balaban J connectivity index is 1.40. The van der Waals surface area contributed by atoms with Crippen molar-refractivity contribution in [1.29, 1.82) is 0 Å². The number of ketones is 1. The Labute approximate surface area is 255 Å². The van der Waals surface area contributed by atoms with Crippen LogP contribution >= 0.6 is 34.7 Å². The topological polar surface area (TPSA) is 102 Å². The van der Waals surface area contributed by atoms with Crippen LogP contribution in [0.1, 0.15) is 42.1 Å². The molecule has 1 saturated heterocycles. The maximum absolute atomic E-state index is 13.6. The summed E-state index contributed by atoms with van der Waals surface area (Å²) in [6.07, 6.45) is 0.705. The Bertz CT molecular complexity index is 1720. The van der Waals surface area contributed by atoms with Gasteiger partial charge in [-0.15, -0.1) is 10.2 Å². The molecule has 2 aliphatic rings. The molecule has 3 heterocycles. The average Bonchev–Trinajstić information content (AvgIpc) is 3.67. The second kappa shape index (κ2) is 11.8. The molecule has 42 heavy (non-hydrogen) atoms. The van der Waals surface area contributed by atoms with E-state index in [0.29, 0.717) is 45.0 Å². The van der Waals surface area contributed by atoms with Crippen LogP contribution in [0.15, 0.2) is 76.6 Å². The number of thioether (sulfide) groups is 1. The van der Waals surface area contributed by atoms with Crippen LogP contribution in [0.25, 0.3) is 5.76 Å². The zero-order chi connectivity index (χ0) is 29.4. The van der Waals surface area contributed by atoms with Gasteiger partial charge in [0, 0.05) is 22.8 Å².